The van der Waals surface area contributed by atoms with Crippen molar-refractivity contribution < 1.29 is 18.4 Å². The Hall–Kier alpha value is -2.82. The van der Waals surface area contributed by atoms with E-state index in [4.69, 9.17) is 5.21 Å². The molecule has 0 aliphatic carbocycles. The first-order valence-corrected chi connectivity index (χ1v) is 8.05. The van der Waals surface area contributed by atoms with Gasteiger partial charge < -0.3 is 0 Å². The second kappa shape index (κ2) is 6.96. The third kappa shape index (κ3) is 4.57. The summed E-state index contributed by atoms with van der Waals surface area (Å²) >= 11 is 0. The lowest BCUT2D eigenvalue weighted by Gasteiger charge is -2.08. The first kappa shape index (κ1) is 16.5. The van der Waals surface area contributed by atoms with Gasteiger partial charge in [0.25, 0.3) is 10.0 Å². The van der Waals surface area contributed by atoms with Crippen LogP contribution in [0.5, 0.6) is 0 Å². The lowest BCUT2D eigenvalue weighted by molar-refractivity contribution is -0.123. The van der Waals surface area contributed by atoms with Crippen molar-refractivity contribution in [3.8, 4) is 11.8 Å². The largest absolute Gasteiger partial charge is 0.319 e. The molecule has 0 saturated carbocycles. The van der Waals surface area contributed by atoms with Gasteiger partial charge in [-0.25, -0.2) is 13.9 Å². The van der Waals surface area contributed by atoms with Gasteiger partial charge in [-0.3, -0.25) is 14.7 Å². The molecule has 1 amide bonds. The summed E-state index contributed by atoms with van der Waals surface area (Å²) in [5.41, 5.74) is 3.25. The topological polar surface area (TPSA) is 95.5 Å². The molecule has 0 fully saturated rings. The van der Waals surface area contributed by atoms with Crippen molar-refractivity contribution in [3.63, 3.8) is 0 Å². The van der Waals surface area contributed by atoms with Crippen LogP contribution in [-0.2, 0) is 14.8 Å². The zero-order valence-electron chi connectivity index (χ0n) is 12.2. The summed E-state index contributed by atoms with van der Waals surface area (Å²) in [7, 11) is -3.66. The first-order chi connectivity index (χ1) is 10.9. The lowest BCUT2D eigenvalue weighted by atomic mass is 10.2. The number of carbonyl (C=O) groups is 1. The Bertz CT molecular complexity index is 861. The minimum Gasteiger partial charge on any atom is -0.288 e. The van der Waals surface area contributed by atoms with E-state index in [9.17, 15) is 13.2 Å². The average molecular weight is 330 g/mol. The predicted molar refractivity (Wildman–Crippen MR) is 85.2 cm³/mol. The van der Waals surface area contributed by atoms with Crippen molar-refractivity contribution in [1.29, 1.82) is 0 Å². The highest BCUT2D eigenvalue weighted by molar-refractivity contribution is 7.92. The summed E-state index contributed by atoms with van der Waals surface area (Å²) in [6.45, 7) is 1.88. The van der Waals surface area contributed by atoms with Gasteiger partial charge in [-0.1, -0.05) is 23.6 Å². The summed E-state index contributed by atoms with van der Waals surface area (Å²) in [6.07, 6.45) is 0. The van der Waals surface area contributed by atoms with Crippen LogP contribution in [-0.4, -0.2) is 19.5 Å². The van der Waals surface area contributed by atoms with E-state index in [1.165, 1.54) is 29.7 Å². The molecule has 23 heavy (non-hydrogen) atoms. The number of hydroxylamine groups is 1. The number of hydrogen-bond donors (Lipinski definition) is 3. The summed E-state index contributed by atoms with van der Waals surface area (Å²) < 4.78 is 26.9. The number of sulfonamides is 1. The predicted octanol–water partition coefficient (Wildman–Crippen LogP) is 1.65. The van der Waals surface area contributed by atoms with Crippen LogP contribution in [0.3, 0.4) is 0 Å². The van der Waals surface area contributed by atoms with Crippen molar-refractivity contribution in [2.24, 2.45) is 0 Å². The second-order valence-electron chi connectivity index (χ2n) is 4.69. The van der Waals surface area contributed by atoms with Gasteiger partial charge in [0.05, 0.1) is 4.90 Å². The molecule has 0 aromatic heterocycles. The number of hydrogen-bond acceptors (Lipinski definition) is 4. The maximum Gasteiger partial charge on any atom is 0.319 e. The van der Waals surface area contributed by atoms with E-state index in [1.54, 1.807) is 24.3 Å². The molecule has 0 aliphatic rings. The zero-order chi connectivity index (χ0) is 16.9. The number of amides is 1. The highest BCUT2D eigenvalue weighted by Gasteiger charge is 2.13. The maximum atomic E-state index is 12.2. The van der Waals surface area contributed by atoms with Crippen LogP contribution >= 0.6 is 0 Å². The Morgan fingerprint density at radius 1 is 1.04 bits per heavy atom. The van der Waals surface area contributed by atoms with E-state index in [-0.39, 0.29) is 4.90 Å². The number of aryl methyl sites for hydroxylation is 1. The quantitative estimate of drug-likeness (QED) is 0.453. The van der Waals surface area contributed by atoms with Crippen molar-refractivity contribution in [1.82, 2.24) is 5.48 Å². The normalized spacial score (nSPS) is 10.3. The molecule has 0 heterocycles. The van der Waals surface area contributed by atoms with Crippen LogP contribution < -0.4 is 10.2 Å². The van der Waals surface area contributed by atoms with Crippen LogP contribution in [0.4, 0.5) is 5.69 Å². The number of anilines is 1. The molecule has 0 atom stereocenters. The highest BCUT2D eigenvalue weighted by atomic mass is 32.2. The monoisotopic (exact) mass is 330 g/mol. The SMILES string of the molecule is Cc1ccc(S(=O)(=O)Nc2ccc(C#CC(=O)NO)cc2)cc1. The molecule has 3 N–H and O–H groups in total. The highest BCUT2D eigenvalue weighted by Crippen LogP contribution is 2.16. The fraction of sp³-hybridized carbons (Fsp3) is 0.0625. The Balaban J connectivity index is 2.15. The molecule has 0 bridgehead atoms. The Morgan fingerprint density at radius 2 is 1.65 bits per heavy atom. The molecule has 7 heteroatoms. The van der Waals surface area contributed by atoms with Crippen LogP contribution in [0.15, 0.2) is 53.4 Å². The van der Waals surface area contributed by atoms with E-state index in [0.29, 0.717) is 11.3 Å². The van der Waals surface area contributed by atoms with E-state index < -0.39 is 15.9 Å². The summed E-state index contributed by atoms with van der Waals surface area (Å²) in [4.78, 5) is 11.0. The molecule has 6 nitrogen and oxygen atoms in total. The fourth-order valence-corrected chi connectivity index (χ4v) is 2.77. The van der Waals surface area contributed by atoms with Gasteiger partial charge in [-0.15, -0.1) is 0 Å². The molecule has 0 radical (unpaired) electrons. The van der Waals surface area contributed by atoms with Crippen LogP contribution in [0.25, 0.3) is 0 Å². The first-order valence-electron chi connectivity index (χ1n) is 6.56. The molecular formula is C16H14N2O4S. The lowest BCUT2D eigenvalue weighted by Crippen LogP contribution is -2.15. The molecule has 118 valence electrons. The molecule has 0 spiro atoms. The minimum atomic E-state index is -3.66. The fourth-order valence-electron chi connectivity index (χ4n) is 1.71. The standard InChI is InChI=1S/C16H14N2O4S/c1-12-2-9-15(10-3-12)23(21,22)18-14-7-4-13(5-8-14)6-11-16(19)17-20/h2-5,7-10,18,20H,1H3,(H,17,19). The maximum absolute atomic E-state index is 12.2. The van der Waals surface area contributed by atoms with Crippen molar-refractivity contribution in [2.45, 2.75) is 11.8 Å². The molecule has 2 aromatic rings. The number of benzene rings is 2. The van der Waals surface area contributed by atoms with Crippen LogP contribution in [0, 0.1) is 18.8 Å². The molecule has 0 unspecified atom stereocenters. The van der Waals surface area contributed by atoms with Gasteiger partial charge in [-0.05, 0) is 43.3 Å². The number of rotatable bonds is 3. The Kier molecular flexibility index (Phi) is 5.01. The van der Waals surface area contributed by atoms with E-state index in [1.807, 2.05) is 6.92 Å². The number of nitrogens with one attached hydrogen (secondary N) is 2. The van der Waals surface area contributed by atoms with Crippen molar-refractivity contribution in [3.05, 3.63) is 59.7 Å². The molecule has 0 aliphatic heterocycles. The minimum absolute atomic E-state index is 0.173. The van der Waals surface area contributed by atoms with Gasteiger partial charge in [0.15, 0.2) is 0 Å². The summed E-state index contributed by atoms with van der Waals surface area (Å²) in [5, 5.41) is 8.33. The number of carbonyl (C=O) groups excluding carboxylic acids is 1. The summed E-state index contributed by atoms with van der Waals surface area (Å²) in [5.74, 6) is 3.86. The molecular weight excluding hydrogens is 316 g/mol. The van der Waals surface area contributed by atoms with Gasteiger partial charge in [-0.2, -0.15) is 0 Å². The van der Waals surface area contributed by atoms with Crippen molar-refractivity contribution in [2.75, 3.05) is 4.72 Å². The van der Waals surface area contributed by atoms with Crippen molar-refractivity contribution >= 4 is 21.6 Å². The van der Waals surface area contributed by atoms with Gasteiger partial charge in [0.2, 0.25) is 0 Å². The van der Waals surface area contributed by atoms with Gasteiger partial charge >= 0.3 is 5.91 Å². The van der Waals surface area contributed by atoms with Gasteiger partial charge in [0, 0.05) is 17.2 Å². The molecule has 2 aromatic carbocycles. The molecule has 0 saturated heterocycles. The Morgan fingerprint density at radius 3 is 2.22 bits per heavy atom. The zero-order valence-corrected chi connectivity index (χ0v) is 13.0. The Labute approximate surface area is 134 Å². The third-order valence-electron chi connectivity index (χ3n) is 2.89. The van der Waals surface area contributed by atoms with E-state index >= 15 is 0 Å². The van der Waals surface area contributed by atoms with Crippen LogP contribution in [0.2, 0.25) is 0 Å². The average Bonchev–Trinajstić information content (AvgIpc) is 2.54. The van der Waals surface area contributed by atoms with Crippen LogP contribution in [0.1, 0.15) is 11.1 Å². The van der Waals surface area contributed by atoms with Gasteiger partial charge in [0.1, 0.15) is 0 Å². The third-order valence-corrected chi connectivity index (χ3v) is 4.29. The smallest absolute Gasteiger partial charge is 0.288 e. The van der Waals surface area contributed by atoms with E-state index in [0.717, 1.165) is 5.56 Å². The second-order valence-corrected chi connectivity index (χ2v) is 6.37. The molecule has 2 rings (SSSR count). The van der Waals surface area contributed by atoms with E-state index in [2.05, 4.69) is 16.6 Å². The summed E-state index contributed by atoms with van der Waals surface area (Å²) in [6, 6.07) is 12.7.